The van der Waals surface area contributed by atoms with Crippen molar-refractivity contribution in [1.82, 2.24) is 4.90 Å². The van der Waals surface area contributed by atoms with Gasteiger partial charge in [-0.3, -0.25) is 4.90 Å². The van der Waals surface area contributed by atoms with Gasteiger partial charge in [-0.2, -0.15) is 0 Å². The smallest absolute Gasteiger partial charge is 0.0558 e. The van der Waals surface area contributed by atoms with E-state index in [1.165, 1.54) is 30.8 Å². The Morgan fingerprint density at radius 1 is 1.47 bits per heavy atom. The fourth-order valence-electron chi connectivity index (χ4n) is 1.94. The largest absolute Gasteiger partial charge is 0.298 e. The van der Waals surface area contributed by atoms with E-state index in [4.69, 9.17) is 11.6 Å². The third kappa shape index (κ3) is 3.19. The van der Waals surface area contributed by atoms with Gasteiger partial charge in [-0.25, -0.2) is 0 Å². The number of nitrogens with zero attached hydrogens (tertiary/aromatic N) is 1. The minimum absolute atomic E-state index is 0.875. The Bertz CT molecular complexity index is 307. The van der Waals surface area contributed by atoms with Gasteiger partial charge in [0.2, 0.25) is 0 Å². The Hall–Kier alpha value is 0.430. The van der Waals surface area contributed by atoms with Crippen LogP contribution in [0.25, 0.3) is 0 Å². The zero-order valence-corrected chi connectivity index (χ0v) is 11.7. The predicted molar refractivity (Wildman–Crippen MR) is 71.1 cm³/mol. The van der Waals surface area contributed by atoms with Crippen LogP contribution in [0.1, 0.15) is 17.7 Å². The fraction of sp³-hybridized carbons (Fsp3) is 0.636. The molecule has 1 aliphatic rings. The number of piperidine rings is 1. The summed E-state index contributed by atoms with van der Waals surface area (Å²) in [6.45, 7) is 3.46. The molecule has 0 spiro atoms. The molecule has 15 heavy (non-hydrogen) atoms. The van der Waals surface area contributed by atoms with Crippen LogP contribution in [0, 0.1) is 5.92 Å². The summed E-state index contributed by atoms with van der Waals surface area (Å²) in [7, 11) is 0. The number of thiophene rings is 1. The van der Waals surface area contributed by atoms with E-state index in [2.05, 4.69) is 26.2 Å². The van der Waals surface area contributed by atoms with Crippen LogP contribution < -0.4 is 0 Å². The normalized spacial score (nSPS) is 19.6. The van der Waals surface area contributed by atoms with Gasteiger partial charge in [0.1, 0.15) is 0 Å². The van der Waals surface area contributed by atoms with E-state index in [0.717, 1.165) is 22.8 Å². The lowest BCUT2D eigenvalue weighted by molar-refractivity contribution is 0.189. The molecule has 4 heteroatoms. The van der Waals surface area contributed by atoms with E-state index in [1.807, 2.05) is 6.07 Å². The van der Waals surface area contributed by atoms with Gasteiger partial charge in [0.05, 0.1) is 5.02 Å². The Labute approximate surface area is 109 Å². The Kier molecular flexibility index (Phi) is 4.50. The molecule has 0 atom stereocenters. The van der Waals surface area contributed by atoms with Crippen LogP contribution in [0.3, 0.4) is 0 Å². The first-order valence-electron chi connectivity index (χ1n) is 5.30. The summed E-state index contributed by atoms with van der Waals surface area (Å²) < 4.78 is 0. The molecule has 1 aromatic rings. The summed E-state index contributed by atoms with van der Waals surface area (Å²) in [5.41, 5.74) is 0. The van der Waals surface area contributed by atoms with Crippen molar-refractivity contribution >= 4 is 38.9 Å². The predicted octanol–water partition coefficient (Wildman–Crippen LogP) is 4.01. The number of halogens is 2. The molecule has 84 valence electrons. The Morgan fingerprint density at radius 2 is 2.20 bits per heavy atom. The van der Waals surface area contributed by atoms with Crippen molar-refractivity contribution in [3.05, 3.63) is 21.3 Å². The quantitative estimate of drug-likeness (QED) is 0.763. The molecule has 0 amide bonds. The van der Waals surface area contributed by atoms with E-state index in [1.54, 1.807) is 11.3 Å². The van der Waals surface area contributed by atoms with E-state index < -0.39 is 0 Å². The van der Waals surface area contributed by atoms with Gasteiger partial charge >= 0.3 is 0 Å². The number of alkyl halides is 1. The average Bonchev–Trinajstić information content (AvgIpc) is 2.66. The van der Waals surface area contributed by atoms with Gasteiger partial charge in [-0.05, 0) is 43.3 Å². The van der Waals surface area contributed by atoms with Crippen molar-refractivity contribution in [2.45, 2.75) is 19.4 Å². The second-order valence-electron chi connectivity index (χ2n) is 4.07. The van der Waals surface area contributed by atoms with Crippen LogP contribution in [0.4, 0.5) is 0 Å². The molecule has 1 fully saturated rings. The highest BCUT2D eigenvalue weighted by Gasteiger charge is 2.19. The van der Waals surface area contributed by atoms with Gasteiger partial charge in [0.15, 0.2) is 0 Å². The molecule has 0 N–H and O–H groups in total. The minimum Gasteiger partial charge on any atom is -0.298 e. The van der Waals surface area contributed by atoms with Gasteiger partial charge in [-0.1, -0.05) is 27.5 Å². The van der Waals surface area contributed by atoms with E-state index in [0.29, 0.717) is 0 Å². The van der Waals surface area contributed by atoms with Crippen LogP contribution in [0.15, 0.2) is 11.4 Å². The van der Waals surface area contributed by atoms with Crippen LogP contribution in [-0.2, 0) is 6.54 Å². The number of rotatable bonds is 3. The molecule has 0 unspecified atom stereocenters. The monoisotopic (exact) mass is 307 g/mol. The minimum atomic E-state index is 0.875. The van der Waals surface area contributed by atoms with E-state index in [-0.39, 0.29) is 0 Å². The van der Waals surface area contributed by atoms with Crippen molar-refractivity contribution < 1.29 is 0 Å². The molecule has 1 aliphatic heterocycles. The summed E-state index contributed by atoms with van der Waals surface area (Å²) in [5, 5.41) is 4.16. The lowest BCUT2D eigenvalue weighted by Crippen LogP contribution is -2.33. The molecule has 0 aliphatic carbocycles. The molecule has 2 heterocycles. The third-order valence-electron chi connectivity index (χ3n) is 2.98. The lowest BCUT2D eigenvalue weighted by Gasteiger charge is -2.30. The maximum Gasteiger partial charge on any atom is 0.0558 e. The van der Waals surface area contributed by atoms with Gasteiger partial charge in [0.25, 0.3) is 0 Å². The van der Waals surface area contributed by atoms with Gasteiger partial charge in [0, 0.05) is 16.8 Å². The molecule has 2 rings (SSSR count). The fourth-order valence-corrected chi connectivity index (χ4v) is 3.72. The SMILES string of the molecule is Clc1ccsc1CN1CCC(CBr)CC1. The topological polar surface area (TPSA) is 3.24 Å². The van der Waals surface area contributed by atoms with Crippen LogP contribution >= 0.6 is 38.9 Å². The highest BCUT2D eigenvalue weighted by Crippen LogP contribution is 2.26. The summed E-state index contributed by atoms with van der Waals surface area (Å²) in [6, 6.07) is 1.99. The molecule has 0 bridgehead atoms. The van der Waals surface area contributed by atoms with Crippen molar-refractivity contribution in [2.75, 3.05) is 18.4 Å². The van der Waals surface area contributed by atoms with Crippen molar-refractivity contribution in [1.29, 1.82) is 0 Å². The molecule has 1 aromatic heterocycles. The lowest BCUT2D eigenvalue weighted by atomic mass is 9.99. The second kappa shape index (κ2) is 5.67. The molecule has 0 saturated carbocycles. The molecule has 1 nitrogen and oxygen atoms in total. The number of hydrogen-bond donors (Lipinski definition) is 0. The maximum atomic E-state index is 6.09. The van der Waals surface area contributed by atoms with Gasteiger partial charge in [-0.15, -0.1) is 11.3 Å². The highest BCUT2D eigenvalue weighted by atomic mass is 79.9. The summed E-state index contributed by atoms with van der Waals surface area (Å²) in [4.78, 5) is 3.82. The second-order valence-corrected chi connectivity index (χ2v) is 6.12. The van der Waals surface area contributed by atoms with E-state index in [9.17, 15) is 0 Å². The zero-order chi connectivity index (χ0) is 10.7. The number of likely N-dealkylation sites (tertiary alicyclic amines) is 1. The van der Waals surface area contributed by atoms with Crippen LogP contribution in [0.2, 0.25) is 5.02 Å². The Morgan fingerprint density at radius 3 is 2.73 bits per heavy atom. The number of hydrogen-bond acceptors (Lipinski definition) is 2. The summed E-state index contributed by atoms with van der Waals surface area (Å²) in [5.74, 6) is 0.875. The highest BCUT2D eigenvalue weighted by molar-refractivity contribution is 9.09. The van der Waals surface area contributed by atoms with Crippen molar-refractivity contribution in [2.24, 2.45) is 5.92 Å². The van der Waals surface area contributed by atoms with Crippen molar-refractivity contribution in [3.8, 4) is 0 Å². The summed E-state index contributed by atoms with van der Waals surface area (Å²) >= 11 is 11.4. The molecule has 1 saturated heterocycles. The van der Waals surface area contributed by atoms with E-state index >= 15 is 0 Å². The first-order valence-corrected chi connectivity index (χ1v) is 7.67. The zero-order valence-electron chi connectivity index (χ0n) is 8.59. The maximum absolute atomic E-state index is 6.09. The first-order chi connectivity index (χ1) is 7.29. The first kappa shape index (κ1) is 11.9. The van der Waals surface area contributed by atoms with Crippen LogP contribution in [0.5, 0.6) is 0 Å². The molecule has 0 radical (unpaired) electrons. The van der Waals surface area contributed by atoms with Crippen molar-refractivity contribution in [3.63, 3.8) is 0 Å². The summed E-state index contributed by atoms with van der Waals surface area (Å²) in [6.07, 6.45) is 2.63. The standard InChI is InChI=1S/C11H15BrClNS/c12-7-9-1-4-14(5-2-9)8-11-10(13)3-6-15-11/h3,6,9H,1-2,4-5,7-8H2. The molecule has 0 aromatic carbocycles. The molecular weight excluding hydrogens is 294 g/mol. The Balaban J connectivity index is 1.85. The van der Waals surface area contributed by atoms with Gasteiger partial charge < -0.3 is 0 Å². The molecular formula is C11H15BrClNS. The van der Waals surface area contributed by atoms with Crippen LogP contribution in [-0.4, -0.2) is 23.3 Å². The average molecular weight is 309 g/mol. The third-order valence-corrected chi connectivity index (χ3v) is 5.27.